The van der Waals surface area contributed by atoms with Gasteiger partial charge in [0, 0.05) is 26.2 Å². The molecule has 0 aromatic carbocycles. The van der Waals surface area contributed by atoms with Gasteiger partial charge in [0.05, 0.1) is 5.70 Å². The molecule has 1 atom stereocenters. The van der Waals surface area contributed by atoms with Gasteiger partial charge in [0.15, 0.2) is 0 Å². The van der Waals surface area contributed by atoms with Gasteiger partial charge in [0.1, 0.15) is 16.0 Å². The number of carbonyl (C=O) groups excluding carboxylic acids is 1. The Morgan fingerprint density at radius 3 is 2.54 bits per heavy atom. The highest BCUT2D eigenvalue weighted by Crippen LogP contribution is 2.21. The third-order valence-electron chi connectivity index (χ3n) is 3.87. The largest absolute Gasteiger partial charge is 0.444 e. The van der Waals surface area contributed by atoms with Crippen LogP contribution in [0.3, 0.4) is 0 Å². The topological polar surface area (TPSA) is 71.2 Å². The third-order valence-corrected chi connectivity index (χ3v) is 4.31. The van der Waals surface area contributed by atoms with E-state index in [1.165, 1.54) is 0 Å². The zero-order valence-corrected chi connectivity index (χ0v) is 16.5. The number of amidine groups is 1. The van der Waals surface area contributed by atoms with Crippen molar-refractivity contribution in [2.24, 2.45) is 16.6 Å². The molecule has 2 N–H and O–H groups in total. The fourth-order valence-corrected chi connectivity index (χ4v) is 3.30. The Labute approximate surface area is 152 Å². The number of ether oxygens (including phenoxy) is 1. The highest BCUT2D eigenvalue weighted by Gasteiger charge is 2.27. The second-order valence-corrected chi connectivity index (χ2v) is 8.06. The number of halogens is 1. The average molecular weight is 399 g/mol. The van der Waals surface area contributed by atoms with Crippen molar-refractivity contribution < 1.29 is 9.53 Å². The van der Waals surface area contributed by atoms with Crippen LogP contribution in [-0.2, 0) is 4.74 Å². The van der Waals surface area contributed by atoms with E-state index in [9.17, 15) is 4.79 Å². The Morgan fingerprint density at radius 1 is 1.33 bits per heavy atom. The lowest BCUT2D eigenvalue weighted by Crippen LogP contribution is -2.50. The summed E-state index contributed by atoms with van der Waals surface area (Å²) in [5, 5.41) is 0. The lowest BCUT2D eigenvalue weighted by molar-refractivity contribution is 0.0172. The molecule has 2 heterocycles. The van der Waals surface area contributed by atoms with E-state index < -0.39 is 5.60 Å². The molecule has 1 saturated heterocycles. The summed E-state index contributed by atoms with van der Waals surface area (Å²) in [5.74, 6) is 0.907. The first-order chi connectivity index (χ1) is 11.2. The fourth-order valence-electron chi connectivity index (χ4n) is 2.66. The fraction of sp³-hybridized carbons (Fsp3) is 0.647. The van der Waals surface area contributed by atoms with Gasteiger partial charge >= 0.3 is 6.09 Å². The summed E-state index contributed by atoms with van der Waals surface area (Å²) < 4.78 is 6.20. The van der Waals surface area contributed by atoms with Crippen molar-refractivity contribution in [3.05, 3.63) is 22.5 Å². The van der Waals surface area contributed by atoms with Crippen molar-refractivity contribution in [2.45, 2.75) is 39.7 Å². The zero-order valence-electron chi connectivity index (χ0n) is 14.9. The van der Waals surface area contributed by atoms with Gasteiger partial charge in [-0.2, -0.15) is 0 Å². The summed E-state index contributed by atoms with van der Waals surface area (Å²) in [6.45, 7) is 10.5. The molecular weight excluding hydrogens is 372 g/mol. The van der Waals surface area contributed by atoms with Gasteiger partial charge in [-0.3, -0.25) is 0 Å². The van der Waals surface area contributed by atoms with Crippen LogP contribution < -0.4 is 5.73 Å². The summed E-state index contributed by atoms with van der Waals surface area (Å²) in [6.07, 6.45) is 4.85. The van der Waals surface area contributed by atoms with Crippen molar-refractivity contribution in [2.75, 3.05) is 26.2 Å². The van der Waals surface area contributed by atoms with Crippen molar-refractivity contribution in [1.82, 2.24) is 9.80 Å². The first-order valence-corrected chi connectivity index (χ1v) is 9.10. The Balaban J connectivity index is 2.01. The predicted molar refractivity (Wildman–Crippen MR) is 99.9 cm³/mol. The highest BCUT2D eigenvalue weighted by molar-refractivity contribution is 9.11. The molecule has 6 nitrogen and oxygen atoms in total. The van der Waals surface area contributed by atoms with Crippen LogP contribution in [0.25, 0.3) is 0 Å². The van der Waals surface area contributed by atoms with E-state index in [0.29, 0.717) is 24.8 Å². The average Bonchev–Trinajstić information content (AvgIpc) is 2.44. The Morgan fingerprint density at radius 2 is 1.96 bits per heavy atom. The molecule has 134 valence electrons. The van der Waals surface area contributed by atoms with Gasteiger partial charge in [-0.1, -0.05) is 13.0 Å². The molecule has 24 heavy (non-hydrogen) atoms. The van der Waals surface area contributed by atoms with E-state index in [1.54, 1.807) is 4.90 Å². The SMILES string of the molecule is CC1\C=C(Br)/N=C(N)\C(N2CCN(C(=O)OC(C)(C)C)CC2)=C\C1. The van der Waals surface area contributed by atoms with Crippen LogP contribution in [-0.4, -0.2) is 53.5 Å². The van der Waals surface area contributed by atoms with E-state index in [0.717, 1.165) is 29.8 Å². The number of aliphatic imine (C=N–C) groups is 1. The number of piperazine rings is 1. The van der Waals surface area contributed by atoms with Crippen LogP contribution in [0.5, 0.6) is 0 Å². The van der Waals surface area contributed by atoms with Crippen LogP contribution in [0.1, 0.15) is 34.1 Å². The van der Waals surface area contributed by atoms with Gasteiger partial charge in [-0.05, 0) is 55.1 Å². The van der Waals surface area contributed by atoms with E-state index in [2.05, 4.69) is 44.9 Å². The molecule has 0 saturated carbocycles. The van der Waals surface area contributed by atoms with Crippen LogP contribution in [0.4, 0.5) is 4.79 Å². The van der Waals surface area contributed by atoms with E-state index in [1.807, 2.05) is 20.8 Å². The minimum absolute atomic E-state index is 0.255. The smallest absolute Gasteiger partial charge is 0.410 e. The molecule has 7 heteroatoms. The molecule has 0 aromatic rings. The lowest BCUT2D eigenvalue weighted by Gasteiger charge is -2.37. The number of amides is 1. The first-order valence-electron chi connectivity index (χ1n) is 8.30. The summed E-state index contributed by atoms with van der Waals surface area (Å²) in [6, 6.07) is 0. The zero-order chi connectivity index (χ0) is 17.9. The van der Waals surface area contributed by atoms with E-state index in [4.69, 9.17) is 10.5 Å². The molecule has 0 bridgehead atoms. The van der Waals surface area contributed by atoms with Crippen molar-refractivity contribution >= 4 is 27.9 Å². The molecule has 0 radical (unpaired) electrons. The first kappa shape index (κ1) is 18.8. The maximum Gasteiger partial charge on any atom is 0.410 e. The summed E-state index contributed by atoms with van der Waals surface area (Å²) in [7, 11) is 0. The molecule has 2 aliphatic rings. The van der Waals surface area contributed by atoms with Crippen LogP contribution in [0.2, 0.25) is 0 Å². The normalized spacial score (nSPS) is 29.4. The van der Waals surface area contributed by atoms with Crippen molar-refractivity contribution in [1.29, 1.82) is 0 Å². The van der Waals surface area contributed by atoms with Gasteiger partial charge in [-0.15, -0.1) is 0 Å². The monoisotopic (exact) mass is 398 g/mol. The lowest BCUT2D eigenvalue weighted by atomic mass is 10.1. The van der Waals surface area contributed by atoms with Crippen molar-refractivity contribution in [3.8, 4) is 0 Å². The van der Waals surface area contributed by atoms with Crippen molar-refractivity contribution in [3.63, 3.8) is 0 Å². The molecule has 1 unspecified atom stereocenters. The summed E-state index contributed by atoms with van der Waals surface area (Å²) in [5.41, 5.74) is 6.64. The second-order valence-electron chi connectivity index (χ2n) is 7.24. The molecular formula is C17H27BrN4O2. The third kappa shape index (κ3) is 5.26. The van der Waals surface area contributed by atoms with E-state index in [-0.39, 0.29) is 6.09 Å². The minimum Gasteiger partial charge on any atom is -0.444 e. The predicted octanol–water partition coefficient (Wildman–Crippen LogP) is 3.06. The number of nitrogens with zero attached hydrogens (tertiary/aromatic N) is 3. The minimum atomic E-state index is -0.470. The quantitative estimate of drug-likeness (QED) is 0.688. The van der Waals surface area contributed by atoms with Crippen LogP contribution in [0.15, 0.2) is 27.4 Å². The maximum absolute atomic E-state index is 12.2. The highest BCUT2D eigenvalue weighted by atomic mass is 79.9. The number of rotatable bonds is 1. The molecule has 2 aliphatic heterocycles. The van der Waals surface area contributed by atoms with Crippen LogP contribution in [0, 0.1) is 5.92 Å². The molecule has 2 rings (SSSR count). The molecule has 0 aromatic heterocycles. The number of hydrogen-bond acceptors (Lipinski definition) is 5. The second kappa shape index (κ2) is 7.59. The Hall–Kier alpha value is -1.50. The maximum atomic E-state index is 12.2. The molecule has 0 aliphatic carbocycles. The van der Waals surface area contributed by atoms with Gasteiger partial charge in [0.2, 0.25) is 0 Å². The molecule has 1 amide bonds. The molecule has 0 spiro atoms. The number of nitrogens with two attached hydrogens (primary N) is 1. The Bertz CT molecular complexity index is 570. The van der Waals surface area contributed by atoms with Gasteiger partial charge in [-0.25, -0.2) is 9.79 Å². The van der Waals surface area contributed by atoms with E-state index >= 15 is 0 Å². The standard InChI is InChI=1S/C17H27BrN4O2/c1-12-5-6-13(15(19)20-14(18)11-12)21-7-9-22(10-8-21)16(23)24-17(2,3)4/h6,11-12H,5,7-10H2,1-4H3,(H2,19,20)/b13-6-,14-11-. The van der Waals surface area contributed by atoms with Crippen LogP contribution >= 0.6 is 15.9 Å². The number of allylic oxidation sites excluding steroid dienone is 2. The molecule has 1 fully saturated rings. The number of hydrogen-bond donors (Lipinski definition) is 1. The summed E-state index contributed by atoms with van der Waals surface area (Å²) >= 11 is 3.44. The summed E-state index contributed by atoms with van der Waals surface area (Å²) in [4.78, 5) is 20.5. The Kier molecular flexibility index (Phi) is 5.96. The van der Waals surface area contributed by atoms with Gasteiger partial charge in [0.25, 0.3) is 0 Å². The van der Waals surface area contributed by atoms with Gasteiger partial charge < -0.3 is 20.3 Å². The number of carbonyl (C=O) groups is 1.